The average Bonchev–Trinajstić information content (AvgIpc) is 3.32. The van der Waals surface area contributed by atoms with Crippen molar-refractivity contribution in [3.63, 3.8) is 0 Å². The number of nitriles is 1. The maximum absolute atomic E-state index is 12.8. The van der Waals surface area contributed by atoms with Crippen LogP contribution in [0.25, 0.3) is 0 Å². The number of pyridine rings is 1. The first-order chi connectivity index (χ1) is 13.1. The summed E-state index contributed by atoms with van der Waals surface area (Å²) in [6, 6.07) is 3.16. The zero-order valence-corrected chi connectivity index (χ0v) is 15.8. The van der Waals surface area contributed by atoms with Gasteiger partial charge in [-0.15, -0.1) is 0 Å². The quantitative estimate of drug-likeness (QED) is 0.511. The number of hydrogen-bond acceptors (Lipinski definition) is 7. The van der Waals surface area contributed by atoms with E-state index >= 15 is 0 Å². The minimum atomic E-state index is -0.136. The predicted molar refractivity (Wildman–Crippen MR) is 100 cm³/mol. The summed E-state index contributed by atoms with van der Waals surface area (Å²) in [5.74, 6) is 0.919. The van der Waals surface area contributed by atoms with Crippen molar-refractivity contribution in [3.05, 3.63) is 28.6 Å². The number of carbonyl (C=O) groups excluding carboxylic acids is 1. The molecular weight excluding hydrogens is 342 g/mol. The highest BCUT2D eigenvalue weighted by Crippen LogP contribution is 2.33. The van der Waals surface area contributed by atoms with E-state index in [9.17, 15) is 4.79 Å². The molecule has 5 N–H and O–H groups in total. The SMILES string of the molecule is Cc1c(C#N)cnc(C(=O)NC2CCC3NNC(C4CNNC4)C3C2)c1C. The van der Waals surface area contributed by atoms with E-state index < -0.39 is 0 Å². The molecule has 1 saturated carbocycles. The number of amides is 1. The van der Waals surface area contributed by atoms with Gasteiger partial charge in [0.05, 0.1) is 5.56 Å². The van der Waals surface area contributed by atoms with Gasteiger partial charge in [-0.25, -0.2) is 4.98 Å². The van der Waals surface area contributed by atoms with Gasteiger partial charge in [0.2, 0.25) is 0 Å². The maximum atomic E-state index is 12.8. The van der Waals surface area contributed by atoms with Crippen molar-refractivity contribution >= 4 is 5.91 Å². The van der Waals surface area contributed by atoms with Crippen LogP contribution in [0.4, 0.5) is 0 Å². The van der Waals surface area contributed by atoms with Crippen LogP contribution in [0.15, 0.2) is 6.20 Å². The second-order valence-corrected chi connectivity index (χ2v) is 7.97. The second-order valence-electron chi connectivity index (χ2n) is 7.97. The Kier molecular flexibility index (Phi) is 5.10. The van der Waals surface area contributed by atoms with Crippen LogP contribution in [0.5, 0.6) is 0 Å². The first kappa shape index (κ1) is 18.3. The third-order valence-corrected chi connectivity index (χ3v) is 6.47. The first-order valence-electron chi connectivity index (χ1n) is 9.72. The molecule has 0 radical (unpaired) electrons. The van der Waals surface area contributed by atoms with Crippen molar-refractivity contribution in [2.24, 2.45) is 11.8 Å². The van der Waals surface area contributed by atoms with Crippen molar-refractivity contribution in [1.82, 2.24) is 32.0 Å². The zero-order chi connectivity index (χ0) is 19.0. The molecule has 0 spiro atoms. The highest BCUT2D eigenvalue weighted by molar-refractivity contribution is 5.94. The lowest BCUT2D eigenvalue weighted by atomic mass is 9.75. The largest absolute Gasteiger partial charge is 0.348 e. The third kappa shape index (κ3) is 3.44. The molecule has 144 valence electrons. The Morgan fingerprint density at radius 2 is 2.00 bits per heavy atom. The van der Waals surface area contributed by atoms with E-state index in [2.05, 4.69) is 38.1 Å². The highest BCUT2D eigenvalue weighted by atomic mass is 16.1. The standard InChI is InChI=1S/C19H27N7O/c1-10-11(2)17(21-7-12(10)6-20)19(27)24-14-3-4-16-15(5-14)18(26-25-16)13-8-22-23-9-13/h7,13-16,18,22-23,25-26H,3-5,8-9H2,1-2H3,(H,24,27). The van der Waals surface area contributed by atoms with Crippen molar-refractivity contribution in [2.45, 2.75) is 51.2 Å². The van der Waals surface area contributed by atoms with Gasteiger partial charge >= 0.3 is 0 Å². The molecule has 8 heteroatoms. The molecule has 4 rings (SSSR count). The van der Waals surface area contributed by atoms with Gasteiger partial charge < -0.3 is 5.32 Å². The van der Waals surface area contributed by atoms with Crippen LogP contribution in [-0.2, 0) is 0 Å². The number of nitrogens with zero attached hydrogens (tertiary/aromatic N) is 2. The van der Waals surface area contributed by atoms with Gasteiger partial charge in [0.1, 0.15) is 11.8 Å². The first-order valence-corrected chi connectivity index (χ1v) is 9.72. The van der Waals surface area contributed by atoms with E-state index in [1.165, 1.54) is 6.20 Å². The van der Waals surface area contributed by atoms with Gasteiger partial charge in [-0.3, -0.25) is 26.5 Å². The number of rotatable bonds is 3. The number of hydrazine groups is 2. The summed E-state index contributed by atoms with van der Waals surface area (Å²) in [6.07, 6.45) is 4.47. The van der Waals surface area contributed by atoms with Gasteiger partial charge in [-0.05, 0) is 50.2 Å². The Balaban J connectivity index is 1.43. The van der Waals surface area contributed by atoms with Crippen LogP contribution in [-0.4, -0.2) is 42.1 Å². The lowest BCUT2D eigenvalue weighted by molar-refractivity contribution is 0.0907. The Morgan fingerprint density at radius 1 is 1.22 bits per heavy atom. The summed E-state index contributed by atoms with van der Waals surface area (Å²) < 4.78 is 0. The molecule has 2 aliphatic heterocycles. The molecule has 1 aromatic rings. The molecule has 1 aliphatic carbocycles. The van der Waals surface area contributed by atoms with E-state index in [1.807, 2.05) is 13.8 Å². The number of fused-ring (bicyclic) bond motifs is 1. The van der Waals surface area contributed by atoms with Crippen molar-refractivity contribution in [3.8, 4) is 6.07 Å². The molecule has 3 fully saturated rings. The molecule has 27 heavy (non-hydrogen) atoms. The van der Waals surface area contributed by atoms with Crippen LogP contribution in [0.2, 0.25) is 0 Å². The Labute approximate surface area is 159 Å². The lowest BCUT2D eigenvalue weighted by Gasteiger charge is -2.35. The maximum Gasteiger partial charge on any atom is 0.270 e. The monoisotopic (exact) mass is 369 g/mol. The van der Waals surface area contributed by atoms with E-state index in [4.69, 9.17) is 5.26 Å². The third-order valence-electron chi connectivity index (χ3n) is 6.47. The summed E-state index contributed by atoms with van der Waals surface area (Å²) in [5, 5.41) is 12.3. The van der Waals surface area contributed by atoms with E-state index in [0.717, 1.165) is 43.5 Å². The molecule has 0 aromatic carbocycles. The molecule has 4 atom stereocenters. The minimum Gasteiger partial charge on any atom is -0.348 e. The Bertz CT molecular complexity index is 768. The highest BCUT2D eigenvalue weighted by Gasteiger charge is 2.44. The average molecular weight is 369 g/mol. The summed E-state index contributed by atoms with van der Waals surface area (Å²) in [6.45, 7) is 5.65. The van der Waals surface area contributed by atoms with Crippen LogP contribution >= 0.6 is 0 Å². The van der Waals surface area contributed by atoms with E-state index in [1.54, 1.807) is 0 Å². The van der Waals surface area contributed by atoms with Gasteiger partial charge in [-0.2, -0.15) is 5.26 Å². The van der Waals surface area contributed by atoms with Crippen molar-refractivity contribution in [1.29, 1.82) is 5.26 Å². The van der Waals surface area contributed by atoms with Crippen LogP contribution < -0.4 is 27.0 Å². The molecule has 2 saturated heterocycles. The summed E-state index contributed by atoms with van der Waals surface area (Å²) in [4.78, 5) is 17.1. The lowest BCUT2D eigenvalue weighted by Crippen LogP contribution is -2.46. The van der Waals surface area contributed by atoms with Gasteiger partial charge in [0.25, 0.3) is 5.91 Å². The molecule has 4 unspecified atom stereocenters. The molecule has 3 heterocycles. The summed E-state index contributed by atoms with van der Waals surface area (Å²) >= 11 is 0. The molecule has 1 amide bonds. The van der Waals surface area contributed by atoms with Crippen LogP contribution in [0, 0.1) is 37.0 Å². The Morgan fingerprint density at radius 3 is 2.74 bits per heavy atom. The summed E-state index contributed by atoms with van der Waals surface area (Å²) in [7, 11) is 0. The fourth-order valence-electron chi connectivity index (χ4n) is 4.72. The van der Waals surface area contributed by atoms with Crippen molar-refractivity contribution < 1.29 is 4.79 Å². The minimum absolute atomic E-state index is 0.136. The van der Waals surface area contributed by atoms with Crippen LogP contribution in [0.1, 0.15) is 46.4 Å². The number of aromatic nitrogens is 1. The van der Waals surface area contributed by atoms with E-state index in [-0.39, 0.29) is 11.9 Å². The topological polar surface area (TPSA) is 114 Å². The normalized spacial score (nSPS) is 30.7. The fraction of sp³-hybridized carbons (Fsp3) is 0.632. The zero-order valence-electron chi connectivity index (χ0n) is 15.8. The second kappa shape index (κ2) is 7.52. The van der Waals surface area contributed by atoms with E-state index in [0.29, 0.717) is 35.2 Å². The smallest absolute Gasteiger partial charge is 0.270 e. The number of nitrogens with one attached hydrogen (secondary N) is 5. The molecule has 1 aromatic heterocycles. The number of carbonyl (C=O) groups is 1. The molecule has 3 aliphatic rings. The predicted octanol–water partition coefficient (Wildman–Crippen LogP) is 0.0376. The van der Waals surface area contributed by atoms with Crippen LogP contribution in [0.3, 0.4) is 0 Å². The summed E-state index contributed by atoms with van der Waals surface area (Å²) in [5.41, 5.74) is 15.9. The van der Waals surface area contributed by atoms with Crippen molar-refractivity contribution in [2.75, 3.05) is 13.1 Å². The Hall–Kier alpha value is -2.05. The fourth-order valence-corrected chi connectivity index (χ4v) is 4.72. The molecule has 0 bridgehead atoms. The molecular formula is C19H27N7O. The number of hydrogen-bond donors (Lipinski definition) is 5. The molecule has 8 nitrogen and oxygen atoms in total. The van der Waals surface area contributed by atoms with Gasteiger partial charge in [0.15, 0.2) is 0 Å². The van der Waals surface area contributed by atoms with Gasteiger partial charge in [0, 0.05) is 43.3 Å². The van der Waals surface area contributed by atoms with Gasteiger partial charge in [-0.1, -0.05) is 0 Å².